The Morgan fingerprint density at radius 1 is 0.723 bits per heavy atom. The molecule has 5 rings (SSSR count). The van der Waals surface area contributed by atoms with Crippen LogP contribution in [0.1, 0.15) is 88.9 Å². The third kappa shape index (κ3) is 9.30. The Hall–Kier alpha value is -4.48. The van der Waals surface area contributed by atoms with Gasteiger partial charge in [-0.3, -0.25) is 9.59 Å². The molecule has 47 heavy (non-hydrogen) atoms. The van der Waals surface area contributed by atoms with E-state index < -0.39 is 5.97 Å². The van der Waals surface area contributed by atoms with E-state index in [-0.39, 0.29) is 18.2 Å². The molecule has 1 aromatic heterocycles. The molecule has 242 valence electrons. The van der Waals surface area contributed by atoms with E-state index in [4.69, 9.17) is 0 Å². The summed E-state index contributed by atoms with van der Waals surface area (Å²) < 4.78 is 0. The highest BCUT2D eigenvalue weighted by Gasteiger charge is 2.20. The molecule has 4 nitrogen and oxygen atoms in total. The Bertz CT molecular complexity index is 1720. The van der Waals surface area contributed by atoms with Crippen LogP contribution in [0, 0.1) is 11.8 Å². The third-order valence-corrected chi connectivity index (χ3v) is 9.46. The summed E-state index contributed by atoms with van der Waals surface area (Å²) in [5, 5.41) is 12.9. The quantitative estimate of drug-likeness (QED) is 0.111. The van der Waals surface area contributed by atoms with Gasteiger partial charge in [0.1, 0.15) is 0 Å². The minimum absolute atomic E-state index is 0.0343. The van der Waals surface area contributed by atoms with Gasteiger partial charge in [0.2, 0.25) is 5.78 Å². The number of thiophene rings is 1. The van der Waals surface area contributed by atoms with Crippen LogP contribution >= 0.6 is 11.3 Å². The molecule has 0 radical (unpaired) electrons. The molecule has 0 aliphatic heterocycles. The predicted molar refractivity (Wildman–Crippen MR) is 196 cm³/mol. The first-order valence-electron chi connectivity index (χ1n) is 16.6. The summed E-state index contributed by atoms with van der Waals surface area (Å²) in [6.45, 7) is 8.96. The molecule has 1 heterocycles. The van der Waals surface area contributed by atoms with E-state index in [1.165, 1.54) is 33.6 Å². The van der Waals surface area contributed by atoms with E-state index in [2.05, 4.69) is 81.5 Å². The molecule has 0 saturated carbocycles. The summed E-state index contributed by atoms with van der Waals surface area (Å²) >= 11 is 1.47. The molecule has 0 atom stereocenters. The second kappa shape index (κ2) is 15.9. The van der Waals surface area contributed by atoms with E-state index in [1.54, 1.807) is 0 Å². The van der Waals surface area contributed by atoms with Crippen molar-refractivity contribution in [3.8, 4) is 11.1 Å². The third-order valence-electron chi connectivity index (χ3n) is 8.26. The minimum atomic E-state index is -0.806. The molecule has 0 aliphatic carbocycles. The van der Waals surface area contributed by atoms with Crippen molar-refractivity contribution >= 4 is 28.8 Å². The first-order valence-corrected chi connectivity index (χ1v) is 17.5. The number of aliphatic carboxylic acids is 1. The Morgan fingerprint density at radius 2 is 1.32 bits per heavy atom. The molecule has 2 N–H and O–H groups in total. The lowest BCUT2D eigenvalue weighted by Gasteiger charge is -2.22. The standard InChI is InChI=1S/C42H45NO3S/c1-28(2)24-30-16-20-33(21-17-30)41(34-22-18-31(19-23-34)25-29(3)4)43-36-13-8-12-35(26-36)42(46)39-27-37(32-10-6-5-7-11-32)38(47-39)14-9-15-40(44)45/h5-8,10-13,16-23,26-29,41,43H,9,14-15,24-25H2,1-4H3,(H,44,45). The normalized spacial score (nSPS) is 11.4. The smallest absolute Gasteiger partial charge is 0.303 e. The predicted octanol–water partition coefficient (Wildman–Crippen LogP) is 10.7. The van der Waals surface area contributed by atoms with Crippen molar-refractivity contribution in [1.82, 2.24) is 0 Å². The van der Waals surface area contributed by atoms with E-state index in [1.807, 2.05) is 60.7 Å². The number of carboxylic acids is 1. The monoisotopic (exact) mass is 643 g/mol. The number of rotatable bonds is 15. The first kappa shape index (κ1) is 33.9. The summed E-state index contributed by atoms with van der Waals surface area (Å²) in [6, 6.07) is 37.4. The van der Waals surface area contributed by atoms with Crippen molar-refractivity contribution in [1.29, 1.82) is 0 Å². The number of aryl methyl sites for hydroxylation is 1. The molecule has 4 aromatic carbocycles. The number of ketones is 1. The zero-order valence-electron chi connectivity index (χ0n) is 27.8. The number of carbonyl (C=O) groups is 2. The van der Waals surface area contributed by atoms with Crippen LogP contribution < -0.4 is 5.32 Å². The molecule has 0 amide bonds. The van der Waals surface area contributed by atoms with Crippen molar-refractivity contribution in [2.45, 2.75) is 65.8 Å². The lowest BCUT2D eigenvalue weighted by atomic mass is 9.93. The van der Waals surface area contributed by atoms with E-state index >= 15 is 0 Å². The van der Waals surface area contributed by atoms with Crippen molar-refractivity contribution < 1.29 is 14.7 Å². The van der Waals surface area contributed by atoms with Crippen molar-refractivity contribution in [3.05, 3.63) is 147 Å². The number of nitrogens with one attached hydrogen (secondary N) is 1. The van der Waals surface area contributed by atoms with Gasteiger partial charge in [-0.05, 0) is 89.1 Å². The molecule has 0 spiro atoms. The van der Waals surface area contributed by atoms with Crippen molar-refractivity contribution in [2.24, 2.45) is 11.8 Å². The fraction of sp³-hybridized carbons (Fsp3) is 0.286. The van der Waals surface area contributed by atoms with Gasteiger partial charge in [-0.2, -0.15) is 0 Å². The van der Waals surface area contributed by atoms with Crippen LogP contribution in [0.15, 0.2) is 109 Å². The average molecular weight is 644 g/mol. The highest BCUT2D eigenvalue weighted by atomic mass is 32.1. The van der Waals surface area contributed by atoms with Crippen molar-refractivity contribution in [2.75, 3.05) is 5.32 Å². The summed E-state index contributed by atoms with van der Waals surface area (Å²) in [5.74, 6) is 0.348. The largest absolute Gasteiger partial charge is 0.481 e. The van der Waals surface area contributed by atoms with Gasteiger partial charge in [0, 0.05) is 22.5 Å². The highest BCUT2D eigenvalue weighted by molar-refractivity contribution is 7.14. The van der Waals surface area contributed by atoms with Crippen LogP contribution in [0.2, 0.25) is 0 Å². The minimum Gasteiger partial charge on any atom is -0.481 e. The Balaban J connectivity index is 1.43. The lowest BCUT2D eigenvalue weighted by molar-refractivity contribution is -0.137. The molecular weight excluding hydrogens is 599 g/mol. The Morgan fingerprint density at radius 3 is 1.87 bits per heavy atom. The van der Waals surface area contributed by atoms with Gasteiger partial charge in [0.05, 0.1) is 10.9 Å². The van der Waals surface area contributed by atoms with Gasteiger partial charge in [0.15, 0.2) is 0 Å². The number of benzene rings is 4. The van der Waals surface area contributed by atoms with E-state index in [0.29, 0.717) is 35.1 Å². The van der Waals surface area contributed by atoms with Crippen LogP contribution in [0.3, 0.4) is 0 Å². The maximum atomic E-state index is 13.9. The summed E-state index contributed by atoms with van der Waals surface area (Å²) in [6.07, 6.45) is 3.33. The molecule has 0 saturated heterocycles. The van der Waals surface area contributed by atoms with Crippen molar-refractivity contribution in [3.63, 3.8) is 0 Å². The molecular formula is C42H45NO3S. The maximum absolute atomic E-state index is 13.9. The van der Waals surface area contributed by atoms with Crippen LogP contribution in [0.5, 0.6) is 0 Å². The highest BCUT2D eigenvalue weighted by Crippen LogP contribution is 2.35. The molecule has 0 unspecified atom stereocenters. The number of anilines is 1. The zero-order chi connectivity index (χ0) is 33.3. The first-order chi connectivity index (χ1) is 22.7. The summed E-state index contributed by atoms with van der Waals surface area (Å²) in [5.41, 5.74) is 8.52. The van der Waals surface area contributed by atoms with Gasteiger partial charge in [0.25, 0.3) is 0 Å². The topological polar surface area (TPSA) is 66.4 Å². The molecule has 0 fully saturated rings. The molecule has 0 aliphatic rings. The summed E-state index contributed by atoms with van der Waals surface area (Å²) in [7, 11) is 0. The van der Waals surface area contributed by atoms with E-state index in [9.17, 15) is 14.7 Å². The molecule has 5 heteroatoms. The van der Waals surface area contributed by atoms with Crippen LogP contribution in [0.25, 0.3) is 11.1 Å². The fourth-order valence-electron chi connectivity index (χ4n) is 6.04. The number of carbonyl (C=O) groups excluding carboxylic acids is 1. The Labute approximate surface area is 283 Å². The van der Waals surface area contributed by atoms with Gasteiger partial charge in [-0.1, -0.05) is 119 Å². The fourth-order valence-corrected chi connectivity index (χ4v) is 7.23. The van der Waals surface area contributed by atoms with E-state index in [0.717, 1.165) is 34.5 Å². The SMILES string of the molecule is CC(C)Cc1ccc(C(Nc2cccc(C(=O)c3cc(-c4ccccc4)c(CCCC(=O)O)s3)c2)c2ccc(CC(C)C)cc2)cc1. The van der Waals surface area contributed by atoms with Gasteiger partial charge in [-0.25, -0.2) is 0 Å². The lowest BCUT2D eigenvalue weighted by Crippen LogP contribution is -2.13. The number of hydrogen-bond donors (Lipinski definition) is 2. The van der Waals surface area contributed by atoms with Gasteiger partial charge < -0.3 is 10.4 Å². The number of carboxylic acid groups (broad SMARTS) is 1. The molecule has 5 aromatic rings. The van der Waals surface area contributed by atoms with Crippen LogP contribution in [-0.2, 0) is 24.1 Å². The maximum Gasteiger partial charge on any atom is 0.303 e. The van der Waals surface area contributed by atoms with Crippen LogP contribution in [0.4, 0.5) is 5.69 Å². The summed E-state index contributed by atoms with van der Waals surface area (Å²) in [4.78, 5) is 26.8. The Kier molecular flexibility index (Phi) is 11.4. The van der Waals surface area contributed by atoms with Gasteiger partial charge >= 0.3 is 5.97 Å². The zero-order valence-corrected chi connectivity index (χ0v) is 28.6. The number of hydrogen-bond acceptors (Lipinski definition) is 4. The molecule has 0 bridgehead atoms. The second-order valence-corrected chi connectivity index (χ2v) is 14.4. The van der Waals surface area contributed by atoms with Crippen LogP contribution in [-0.4, -0.2) is 16.9 Å². The van der Waals surface area contributed by atoms with Gasteiger partial charge in [-0.15, -0.1) is 11.3 Å². The average Bonchev–Trinajstić information content (AvgIpc) is 3.48. The second-order valence-electron chi connectivity index (χ2n) is 13.2.